The van der Waals surface area contributed by atoms with Crippen LogP contribution < -0.4 is 5.32 Å². The molecule has 16 heavy (non-hydrogen) atoms. The third kappa shape index (κ3) is 2.47. The van der Waals surface area contributed by atoms with E-state index in [1.54, 1.807) is 6.07 Å². The third-order valence-corrected chi connectivity index (χ3v) is 3.12. The lowest BCUT2D eigenvalue weighted by atomic mass is 9.99. The van der Waals surface area contributed by atoms with Gasteiger partial charge in [0.25, 0.3) is 0 Å². The second-order valence-electron chi connectivity index (χ2n) is 4.36. The van der Waals surface area contributed by atoms with Crippen molar-refractivity contribution in [1.82, 2.24) is 5.32 Å². The maximum absolute atomic E-state index is 13.0. The van der Waals surface area contributed by atoms with Crippen LogP contribution in [-0.4, -0.2) is 18.4 Å². The molecule has 1 fully saturated rings. The molecular weight excluding hydrogens is 205 g/mol. The molecule has 0 radical (unpaired) electrons. The first-order valence-electron chi connectivity index (χ1n) is 5.68. The predicted octanol–water partition coefficient (Wildman–Crippen LogP) is 2.00. The van der Waals surface area contributed by atoms with Crippen molar-refractivity contribution >= 4 is 5.78 Å². The molecule has 0 saturated carbocycles. The monoisotopic (exact) mass is 221 g/mol. The van der Waals surface area contributed by atoms with Crippen LogP contribution in [0.3, 0.4) is 0 Å². The van der Waals surface area contributed by atoms with E-state index in [4.69, 9.17) is 0 Å². The van der Waals surface area contributed by atoms with Gasteiger partial charge in [0.2, 0.25) is 0 Å². The van der Waals surface area contributed by atoms with E-state index in [9.17, 15) is 9.18 Å². The van der Waals surface area contributed by atoms with Gasteiger partial charge in [-0.1, -0.05) is 6.07 Å². The molecule has 3 heteroatoms. The van der Waals surface area contributed by atoms with Crippen LogP contribution in [-0.2, 0) is 11.2 Å². The van der Waals surface area contributed by atoms with Gasteiger partial charge >= 0.3 is 0 Å². The smallest absolute Gasteiger partial charge is 0.154 e. The molecule has 0 spiro atoms. The lowest BCUT2D eigenvalue weighted by molar-refractivity contribution is -0.120. The Labute approximate surface area is 94.9 Å². The minimum Gasteiger partial charge on any atom is -0.307 e. The first kappa shape index (κ1) is 11.3. The van der Waals surface area contributed by atoms with E-state index in [1.165, 1.54) is 12.1 Å². The molecule has 1 aromatic carbocycles. The standard InChI is InChI=1S/C13H16FNO/c1-9-4-5-11(14)7-10(9)8-13(16)12-3-2-6-15-12/h4-5,7,12,15H,2-3,6,8H2,1H3. The summed E-state index contributed by atoms with van der Waals surface area (Å²) in [7, 11) is 0. The van der Waals surface area contributed by atoms with E-state index in [0.717, 1.165) is 30.5 Å². The highest BCUT2D eigenvalue weighted by Crippen LogP contribution is 2.14. The zero-order valence-electron chi connectivity index (χ0n) is 9.42. The van der Waals surface area contributed by atoms with Crippen molar-refractivity contribution in [3.05, 3.63) is 35.1 Å². The molecular formula is C13H16FNO. The average Bonchev–Trinajstić information content (AvgIpc) is 2.76. The van der Waals surface area contributed by atoms with Gasteiger partial charge in [-0.3, -0.25) is 4.79 Å². The summed E-state index contributed by atoms with van der Waals surface area (Å²) >= 11 is 0. The Morgan fingerprint density at radius 2 is 2.38 bits per heavy atom. The van der Waals surface area contributed by atoms with Crippen molar-refractivity contribution in [1.29, 1.82) is 0 Å². The summed E-state index contributed by atoms with van der Waals surface area (Å²) in [6.07, 6.45) is 2.30. The molecule has 0 aromatic heterocycles. The van der Waals surface area contributed by atoms with Gasteiger partial charge in [0.15, 0.2) is 5.78 Å². The quantitative estimate of drug-likeness (QED) is 0.845. The fourth-order valence-electron chi connectivity index (χ4n) is 2.10. The molecule has 1 aliphatic heterocycles. The van der Waals surface area contributed by atoms with Gasteiger partial charge in [0.05, 0.1) is 6.04 Å². The highest BCUT2D eigenvalue weighted by molar-refractivity contribution is 5.86. The van der Waals surface area contributed by atoms with Gasteiger partial charge in [-0.25, -0.2) is 4.39 Å². The molecule has 1 aliphatic rings. The number of carbonyl (C=O) groups is 1. The van der Waals surface area contributed by atoms with Crippen LogP contribution in [0.15, 0.2) is 18.2 Å². The summed E-state index contributed by atoms with van der Waals surface area (Å²) in [6.45, 7) is 2.82. The molecule has 1 heterocycles. The maximum Gasteiger partial charge on any atom is 0.154 e. The van der Waals surface area contributed by atoms with E-state index in [1.807, 2.05) is 6.92 Å². The van der Waals surface area contributed by atoms with E-state index < -0.39 is 0 Å². The Balaban J connectivity index is 2.07. The Morgan fingerprint density at radius 1 is 1.56 bits per heavy atom. The van der Waals surface area contributed by atoms with Crippen LogP contribution in [0.4, 0.5) is 4.39 Å². The lowest BCUT2D eigenvalue weighted by Gasteiger charge is -2.10. The normalized spacial score (nSPS) is 20.0. The molecule has 0 amide bonds. The van der Waals surface area contributed by atoms with E-state index >= 15 is 0 Å². The second-order valence-corrected chi connectivity index (χ2v) is 4.36. The molecule has 0 aliphatic carbocycles. The fourth-order valence-corrected chi connectivity index (χ4v) is 2.10. The summed E-state index contributed by atoms with van der Waals surface area (Å²) in [5, 5.41) is 3.17. The van der Waals surface area contributed by atoms with Crippen LogP contribution in [0.2, 0.25) is 0 Å². The van der Waals surface area contributed by atoms with Crippen LogP contribution in [0.25, 0.3) is 0 Å². The molecule has 86 valence electrons. The largest absolute Gasteiger partial charge is 0.307 e. The first-order chi connectivity index (χ1) is 7.66. The number of rotatable bonds is 3. The van der Waals surface area contributed by atoms with Crippen LogP contribution in [0, 0.1) is 12.7 Å². The summed E-state index contributed by atoms with van der Waals surface area (Å²) in [5.74, 6) is -0.0982. The fraction of sp³-hybridized carbons (Fsp3) is 0.462. The number of carbonyl (C=O) groups excluding carboxylic acids is 1. The Morgan fingerprint density at radius 3 is 3.06 bits per heavy atom. The van der Waals surface area contributed by atoms with Crippen molar-refractivity contribution in [3.63, 3.8) is 0 Å². The zero-order chi connectivity index (χ0) is 11.5. The number of Topliss-reactive ketones (excluding diaryl/α,β-unsaturated/α-hetero) is 1. The van der Waals surface area contributed by atoms with Crippen molar-refractivity contribution in [3.8, 4) is 0 Å². The number of nitrogens with one attached hydrogen (secondary N) is 1. The summed E-state index contributed by atoms with van der Waals surface area (Å²) < 4.78 is 13.0. The maximum atomic E-state index is 13.0. The van der Waals surface area contributed by atoms with Gasteiger partial charge in [-0.05, 0) is 49.6 Å². The molecule has 1 N–H and O–H groups in total. The number of ketones is 1. The molecule has 0 bridgehead atoms. The number of benzene rings is 1. The molecule has 1 atom stereocenters. The number of aryl methyl sites for hydroxylation is 1. The van der Waals surface area contributed by atoms with E-state index in [-0.39, 0.29) is 17.6 Å². The van der Waals surface area contributed by atoms with Crippen molar-refractivity contribution in [2.45, 2.75) is 32.2 Å². The van der Waals surface area contributed by atoms with Gasteiger partial charge < -0.3 is 5.32 Å². The SMILES string of the molecule is Cc1ccc(F)cc1CC(=O)C1CCCN1. The predicted molar refractivity (Wildman–Crippen MR) is 60.9 cm³/mol. The summed E-state index contributed by atoms with van der Waals surface area (Å²) in [4.78, 5) is 11.9. The van der Waals surface area contributed by atoms with Crippen LogP contribution >= 0.6 is 0 Å². The zero-order valence-corrected chi connectivity index (χ0v) is 9.42. The number of halogens is 1. The molecule has 1 saturated heterocycles. The van der Waals surface area contributed by atoms with Crippen molar-refractivity contribution in [2.75, 3.05) is 6.54 Å². The molecule has 2 nitrogen and oxygen atoms in total. The van der Waals surface area contributed by atoms with Crippen molar-refractivity contribution < 1.29 is 9.18 Å². The highest BCUT2D eigenvalue weighted by Gasteiger charge is 2.22. The molecule has 1 unspecified atom stereocenters. The van der Waals surface area contributed by atoms with E-state index in [0.29, 0.717) is 6.42 Å². The van der Waals surface area contributed by atoms with Gasteiger partial charge in [-0.15, -0.1) is 0 Å². The Kier molecular flexibility index (Phi) is 3.34. The summed E-state index contributed by atoms with van der Waals surface area (Å²) in [6, 6.07) is 4.59. The number of hydrogen-bond acceptors (Lipinski definition) is 2. The third-order valence-electron chi connectivity index (χ3n) is 3.12. The van der Waals surface area contributed by atoms with Gasteiger partial charge in [-0.2, -0.15) is 0 Å². The first-order valence-corrected chi connectivity index (χ1v) is 5.68. The second kappa shape index (κ2) is 4.74. The van der Waals surface area contributed by atoms with E-state index in [2.05, 4.69) is 5.32 Å². The lowest BCUT2D eigenvalue weighted by Crippen LogP contribution is -2.32. The Bertz CT molecular complexity index is 397. The minimum atomic E-state index is -0.271. The van der Waals surface area contributed by atoms with Gasteiger partial charge in [0, 0.05) is 6.42 Å². The van der Waals surface area contributed by atoms with Crippen molar-refractivity contribution in [2.24, 2.45) is 0 Å². The van der Waals surface area contributed by atoms with Crippen LogP contribution in [0.1, 0.15) is 24.0 Å². The number of hydrogen-bond donors (Lipinski definition) is 1. The topological polar surface area (TPSA) is 29.1 Å². The summed E-state index contributed by atoms with van der Waals surface area (Å²) in [5.41, 5.74) is 1.78. The highest BCUT2D eigenvalue weighted by atomic mass is 19.1. The average molecular weight is 221 g/mol. The molecule has 2 rings (SSSR count). The van der Waals surface area contributed by atoms with Gasteiger partial charge in [0.1, 0.15) is 5.82 Å². The van der Waals surface area contributed by atoms with Crippen LogP contribution in [0.5, 0.6) is 0 Å². The Hall–Kier alpha value is -1.22. The minimum absolute atomic E-state index is 0.0253. The molecule has 1 aromatic rings.